The fraction of sp³-hybridized carbons (Fsp3) is 0.409. The first-order valence-corrected chi connectivity index (χ1v) is 9.31. The minimum Gasteiger partial charge on any atom is -0.261 e. The molecule has 1 aliphatic carbocycles. The second-order valence-corrected chi connectivity index (χ2v) is 6.76. The Labute approximate surface area is 146 Å². The second-order valence-electron chi connectivity index (χ2n) is 6.76. The van der Waals surface area contributed by atoms with Gasteiger partial charge in [-0.25, -0.2) is 0 Å². The zero-order valence-corrected chi connectivity index (χ0v) is 14.5. The predicted octanol–water partition coefficient (Wildman–Crippen LogP) is 6.04. The maximum absolute atomic E-state index is 4.78. The number of nitrogens with zero attached hydrogens (tertiary/aromatic N) is 2. The van der Waals surface area contributed by atoms with E-state index in [2.05, 4.69) is 71.9 Å². The fourth-order valence-corrected chi connectivity index (χ4v) is 3.50. The van der Waals surface area contributed by atoms with Crippen molar-refractivity contribution in [3.8, 4) is 0 Å². The molecule has 0 N–H and O–H groups in total. The van der Waals surface area contributed by atoms with Gasteiger partial charge < -0.3 is 0 Å². The summed E-state index contributed by atoms with van der Waals surface area (Å²) in [5.74, 6) is 0.921. The van der Waals surface area contributed by atoms with Gasteiger partial charge in [-0.15, -0.1) is 0 Å². The standard InChI is InChI=1S/C22H28N2/c1-4-11-20(12-5-1)15-10-18-23-24(22-16-8-3-9-17-22)19-21-13-6-2-7-14-21/h2-3,6-9,13-14,16-18,20H,1,4-5,10-12,15,19H2. The van der Waals surface area contributed by atoms with E-state index in [0.717, 1.165) is 24.6 Å². The van der Waals surface area contributed by atoms with Crippen LogP contribution in [0.5, 0.6) is 0 Å². The van der Waals surface area contributed by atoms with Gasteiger partial charge in [0.25, 0.3) is 0 Å². The third kappa shape index (κ3) is 5.23. The summed E-state index contributed by atoms with van der Waals surface area (Å²) >= 11 is 0. The monoisotopic (exact) mass is 320 g/mol. The summed E-state index contributed by atoms with van der Waals surface area (Å²) in [7, 11) is 0. The van der Waals surface area contributed by atoms with Gasteiger partial charge in [0.2, 0.25) is 0 Å². The number of para-hydroxylation sites is 1. The van der Waals surface area contributed by atoms with Gasteiger partial charge in [-0.1, -0.05) is 80.6 Å². The molecule has 0 atom stereocenters. The van der Waals surface area contributed by atoms with Gasteiger partial charge in [-0.05, 0) is 36.5 Å². The molecular weight excluding hydrogens is 292 g/mol. The normalized spacial score (nSPS) is 15.7. The quantitative estimate of drug-likeness (QED) is 0.448. The molecule has 24 heavy (non-hydrogen) atoms. The van der Waals surface area contributed by atoms with Gasteiger partial charge in [0, 0.05) is 6.21 Å². The number of hydrazone groups is 1. The predicted molar refractivity (Wildman–Crippen MR) is 103 cm³/mol. The van der Waals surface area contributed by atoms with E-state index in [1.165, 1.54) is 44.1 Å². The van der Waals surface area contributed by atoms with Gasteiger partial charge in [0.1, 0.15) is 0 Å². The largest absolute Gasteiger partial charge is 0.261 e. The number of anilines is 1. The highest BCUT2D eigenvalue weighted by atomic mass is 15.4. The average molecular weight is 320 g/mol. The minimum atomic E-state index is 0.810. The van der Waals surface area contributed by atoms with Crippen LogP contribution in [0, 0.1) is 5.92 Å². The van der Waals surface area contributed by atoms with Gasteiger partial charge in [0.15, 0.2) is 0 Å². The lowest BCUT2D eigenvalue weighted by Gasteiger charge is -2.21. The average Bonchev–Trinajstić information content (AvgIpc) is 2.66. The van der Waals surface area contributed by atoms with Gasteiger partial charge >= 0.3 is 0 Å². The van der Waals surface area contributed by atoms with E-state index < -0.39 is 0 Å². The van der Waals surface area contributed by atoms with Crippen molar-refractivity contribution in [2.24, 2.45) is 11.0 Å². The van der Waals surface area contributed by atoms with Crippen LogP contribution < -0.4 is 5.01 Å². The lowest BCUT2D eigenvalue weighted by Crippen LogP contribution is -2.16. The van der Waals surface area contributed by atoms with E-state index in [-0.39, 0.29) is 0 Å². The van der Waals surface area contributed by atoms with Crippen molar-refractivity contribution < 1.29 is 0 Å². The van der Waals surface area contributed by atoms with Crippen LogP contribution in [0.3, 0.4) is 0 Å². The van der Waals surface area contributed by atoms with Crippen LogP contribution in [0.15, 0.2) is 65.8 Å². The molecule has 0 bridgehead atoms. The van der Waals surface area contributed by atoms with Crippen molar-refractivity contribution in [3.05, 3.63) is 66.2 Å². The highest BCUT2D eigenvalue weighted by molar-refractivity contribution is 5.60. The molecule has 0 amide bonds. The first-order valence-electron chi connectivity index (χ1n) is 9.31. The molecule has 0 aliphatic heterocycles. The summed E-state index contributed by atoms with van der Waals surface area (Å²) in [4.78, 5) is 0. The molecule has 2 nitrogen and oxygen atoms in total. The van der Waals surface area contributed by atoms with Crippen molar-refractivity contribution in [1.82, 2.24) is 0 Å². The van der Waals surface area contributed by atoms with E-state index in [9.17, 15) is 0 Å². The Morgan fingerprint density at radius 2 is 1.54 bits per heavy atom. The van der Waals surface area contributed by atoms with E-state index in [0.29, 0.717) is 0 Å². The number of hydrogen-bond donors (Lipinski definition) is 0. The Bertz CT molecular complexity index is 600. The molecule has 1 aliphatic rings. The number of benzene rings is 2. The highest BCUT2D eigenvalue weighted by Gasteiger charge is 2.12. The molecular formula is C22H28N2. The third-order valence-corrected chi connectivity index (χ3v) is 4.88. The molecule has 0 heterocycles. The smallest absolute Gasteiger partial charge is 0.0666 e. The number of rotatable bonds is 7. The molecule has 0 unspecified atom stereocenters. The zero-order chi connectivity index (χ0) is 16.5. The topological polar surface area (TPSA) is 15.6 Å². The molecule has 0 aromatic heterocycles. The summed E-state index contributed by atoms with van der Waals surface area (Å²) in [6.45, 7) is 0.810. The minimum absolute atomic E-state index is 0.810. The molecule has 3 rings (SSSR count). The van der Waals surface area contributed by atoms with Gasteiger partial charge in [-0.2, -0.15) is 5.10 Å². The summed E-state index contributed by atoms with van der Waals surface area (Å²) in [5, 5.41) is 6.89. The molecule has 0 saturated heterocycles. The molecule has 2 heteroatoms. The van der Waals surface area contributed by atoms with Crippen LogP contribution in [0.4, 0.5) is 5.69 Å². The van der Waals surface area contributed by atoms with Crippen molar-refractivity contribution in [2.45, 2.75) is 51.5 Å². The van der Waals surface area contributed by atoms with Crippen LogP contribution in [0.25, 0.3) is 0 Å². The fourth-order valence-electron chi connectivity index (χ4n) is 3.50. The molecule has 0 radical (unpaired) electrons. The van der Waals surface area contributed by atoms with Crippen molar-refractivity contribution in [3.63, 3.8) is 0 Å². The Morgan fingerprint density at radius 3 is 2.25 bits per heavy atom. The molecule has 1 fully saturated rings. The van der Waals surface area contributed by atoms with Gasteiger partial charge in [-0.3, -0.25) is 5.01 Å². The molecule has 2 aromatic carbocycles. The highest BCUT2D eigenvalue weighted by Crippen LogP contribution is 2.27. The maximum Gasteiger partial charge on any atom is 0.0666 e. The third-order valence-electron chi connectivity index (χ3n) is 4.88. The summed E-state index contributed by atoms with van der Waals surface area (Å²) in [6, 6.07) is 21.0. The van der Waals surface area contributed by atoms with Crippen LogP contribution in [-0.2, 0) is 6.54 Å². The lowest BCUT2D eigenvalue weighted by atomic mass is 9.86. The Morgan fingerprint density at radius 1 is 0.875 bits per heavy atom. The van der Waals surface area contributed by atoms with Crippen LogP contribution in [-0.4, -0.2) is 6.21 Å². The molecule has 0 spiro atoms. The van der Waals surface area contributed by atoms with Gasteiger partial charge in [0.05, 0.1) is 12.2 Å². The summed E-state index contributed by atoms with van der Waals surface area (Å²) < 4.78 is 0. The Hall–Kier alpha value is -2.09. The van der Waals surface area contributed by atoms with Crippen molar-refractivity contribution in [2.75, 3.05) is 5.01 Å². The molecule has 1 saturated carbocycles. The number of hydrogen-bond acceptors (Lipinski definition) is 2. The SMILES string of the molecule is C(CCC1CCCCC1)=NN(Cc1ccccc1)c1ccccc1. The van der Waals surface area contributed by atoms with E-state index >= 15 is 0 Å². The molecule has 2 aromatic rings. The Kier molecular flexibility index (Phi) is 6.47. The van der Waals surface area contributed by atoms with Crippen molar-refractivity contribution >= 4 is 11.9 Å². The Balaban J connectivity index is 1.60. The van der Waals surface area contributed by atoms with Crippen molar-refractivity contribution in [1.29, 1.82) is 0 Å². The zero-order valence-electron chi connectivity index (χ0n) is 14.5. The van der Waals surface area contributed by atoms with Crippen LogP contribution >= 0.6 is 0 Å². The first kappa shape index (κ1) is 16.8. The summed E-state index contributed by atoms with van der Waals surface area (Å²) in [5.41, 5.74) is 2.43. The van der Waals surface area contributed by atoms with Crippen LogP contribution in [0.2, 0.25) is 0 Å². The van der Waals surface area contributed by atoms with E-state index in [1.54, 1.807) is 0 Å². The molecule has 126 valence electrons. The lowest BCUT2D eigenvalue weighted by molar-refractivity contribution is 0.344. The summed E-state index contributed by atoms with van der Waals surface area (Å²) in [6.07, 6.45) is 11.6. The van der Waals surface area contributed by atoms with E-state index in [1.807, 2.05) is 0 Å². The first-order chi connectivity index (χ1) is 11.9. The van der Waals surface area contributed by atoms with Crippen LogP contribution in [0.1, 0.15) is 50.5 Å². The second kappa shape index (κ2) is 9.27. The maximum atomic E-state index is 4.78. The van der Waals surface area contributed by atoms with E-state index in [4.69, 9.17) is 5.10 Å².